The SMILES string of the molecule is O=C(CCCCCC(=O)NCc1cccc(-c2cccc(C3OC(CN4CCCCCCC4)CC(c4ccc(CO)cc4)O3)c2)c1)NO. The lowest BCUT2D eigenvalue weighted by molar-refractivity contribution is -0.253. The van der Waals surface area contributed by atoms with E-state index in [1.807, 2.05) is 30.3 Å². The first-order chi connectivity index (χ1) is 23.5. The first kappa shape index (κ1) is 35.7. The van der Waals surface area contributed by atoms with Crippen molar-refractivity contribution in [3.63, 3.8) is 0 Å². The number of nitrogens with one attached hydrogen (secondary N) is 2. The van der Waals surface area contributed by atoms with E-state index in [4.69, 9.17) is 14.7 Å². The van der Waals surface area contributed by atoms with Gasteiger partial charge in [0.25, 0.3) is 0 Å². The Balaban J connectivity index is 1.24. The van der Waals surface area contributed by atoms with Crippen LogP contribution in [0.25, 0.3) is 11.1 Å². The number of aliphatic hydroxyl groups excluding tert-OH is 1. The van der Waals surface area contributed by atoms with Gasteiger partial charge < -0.3 is 24.8 Å². The van der Waals surface area contributed by atoms with Gasteiger partial charge in [-0.05, 0) is 78.7 Å². The molecule has 3 atom stereocenters. The molecule has 3 aromatic carbocycles. The molecule has 2 amide bonds. The van der Waals surface area contributed by atoms with Crippen LogP contribution in [-0.4, -0.2) is 52.8 Å². The van der Waals surface area contributed by atoms with Crippen LogP contribution >= 0.6 is 0 Å². The summed E-state index contributed by atoms with van der Waals surface area (Å²) in [5.74, 6) is -0.424. The van der Waals surface area contributed by atoms with Gasteiger partial charge in [0.1, 0.15) is 0 Å². The average Bonchev–Trinajstić information content (AvgIpc) is 3.11. The van der Waals surface area contributed by atoms with Gasteiger partial charge >= 0.3 is 0 Å². The van der Waals surface area contributed by atoms with Crippen molar-refractivity contribution in [2.45, 2.75) is 102 Å². The van der Waals surface area contributed by atoms with Crippen molar-refractivity contribution in [1.29, 1.82) is 0 Å². The standard InChI is InChI=1S/C39H51N3O6/c43-28-29-17-19-31(20-18-29)36-25-35(27-42-21-7-2-1-3-8-22-42)47-39(48-36)34-14-10-13-33(24-34)32-12-9-11-30(23-32)26-40-37(44)15-5-4-6-16-38(45)41-46/h9-14,17-20,23-24,35-36,39,43,46H,1-8,15-16,21-22,25-28H2,(H,40,44)(H,41,45). The Bertz CT molecular complexity index is 1440. The van der Waals surface area contributed by atoms with E-state index in [2.05, 4.69) is 52.7 Å². The number of amides is 2. The Morgan fingerprint density at radius 2 is 1.44 bits per heavy atom. The predicted molar refractivity (Wildman–Crippen MR) is 185 cm³/mol. The van der Waals surface area contributed by atoms with E-state index < -0.39 is 12.2 Å². The van der Waals surface area contributed by atoms with Crippen molar-refractivity contribution in [1.82, 2.24) is 15.7 Å². The van der Waals surface area contributed by atoms with Crippen molar-refractivity contribution >= 4 is 11.8 Å². The molecule has 2 saturated heterocycles. The molecule has 2 aliphatic rings. The molecule has 0 bridgehead atoms. The lowest BCUT2D eigenvalue weighted by atomic mass is 9.98. The number of carbonyl (C=O) groups excluding carboxylic acids is 2. The molecule has 0 aliphatic carbocycles. The highest BCUT2D eigenvalue weighted by Crippen LogP contribution is 2.39. The van der Waals surface area contributed by atoms with Gasteiger partial charge in [0.05, 0.1) is 18.8 Å². The zero-order valence-corrected chi connectivity index (χ0v) is 27.9. The molecule has 5 rings (SSSR count). The number of carbonyl (C=O) groups is 2. The maximum Gasteiger partial charge on any atom is 0.243 e. The monoisotopic (exact) mass is 657 g/mol. The van der Waals surface area contributed by atoms with Gasteiger partial charge in [0.15, 0.2) is 6.29 Å². The summed E-state index contributed by atoms with van der Waals surface area (Å²) in [5.41, 5.74) is 7.69. The quantitative estimate of drug-likeness (QED) is 0.0862. The number of likely N-dealkylation sites (tertiary alicyclic amines) is 1. The molecule has 48 heavy (non-hydrogen) atoms. The molecule has 0 spiro atoms. The number of aliphatic hydroxyl groups is 1. The summed E-state index contributed by atoms with van der Waals surface area (Å²) in [6, 6.07) is 24.6. The van der Waals surface area contributed by atoms with Crippen LogP contribution in [0.1, 0.15) is 105 Å². The van der Waals surface area contributed by atoms with Crippen LogP contribution in [0, 0.1) is 0 Å². The van der Waals surface area contributed by atoms with Crippen molar-refractivity contribution in [3.8, 4) is 11.1 Å². The summed E-state index contributed by atoms with van der Waals surface area (Å²) in [4.78, 5) is 26.1. The number of hydrogen-bond acceptors (Lipinski definition) is 7. The summed E-state index contributed by atoms with van der Waals surface area (Å²) in [7, 11) is 0. The summed E-state index contributed by atoms with van der Waals surface area (Å²) < 4.78 is 13.4. The van der Waals surface area contributed by atoms with Crippen LogP contribution in [0.15, 0.2) is 72.8 Å². The molecule has 9 heteroatoms. The Labute approximate surface area is 284 Å². The Morgan fingerprint density at radius 1 is 0.750 bits per heavy atom. The van der Waals surface area contributed by atoms with E-state index in [1.54, 1.807) is 5.48 Å². The molecule has 0 radical (unpaired) electrons. The smallest absolute Gasteiger partial charge is 0.243 e. The summed E-state index contributed by atoms with van der Waals surface area (Å²) in [6.45, 7) is 3.56. The van der Waals surface area contributed by atoms with E-state index in [0.717, 1.165) is 65.9 Å². The number of unbranched alkanes of at least 4 members (excludes halogenated alkanes) is 2. The number of hydrogen-bond donors (Lipinski definition) is 4. The van der Waals surface area contributed by atoms with Crippen molar-refractivity contribution in [3.05, 3.63) is 95.1 Å². The van der Waals surface area contributed by atoms with Crippen LogP contribution in [0.5, 0.6) is 0 Å². The van der Waals surface area contributed by atoms with Crippen LogP contribution in [0.3, 0.4) is 0 Å². The highest BCUT2D eigenvalue weighted by Gasteiger charge is 2.33. The van der Waals surface area contributed by atoms with Gasteiger partial charge in [-0.15, -0.1) is 0 Å². The number of hydroxylamine groups is 1. The lowest BCUT2D eigenvalue weighted by Gasteiger charge is -2.39. The van der Waals surface area contributed by atoms with Gasteiger partial charge in [-0.25, -0.2) is 5.48 Å². The molecule has 0 aromatic heterocycles. The molecule has 258 valence electrons. The fraction of sp³-hybridized carbons (Fsp3) is 0.487. The van der Waals surface area contributed by atoms with E-state index in [0.29, 0.717) is 25.8 Å². The zero-order valence-electron chi connectivity index (χ0n) is 27.9. The second kappa shape index (κ2) is 18.8. The summed E-state index contributed by atoms with van der Waals surface area (Å²) >= 11 is 0. The van der Waals surface area contributed by atoms with Crippen molar-refractivity contribution in [2.75, 3.05) is 19.6 Å². The normalized spacial score (nSPS) is 20.4. The van der Waals surface area contributed by atoms with Crippen LogP contribution in [0.4, 0.5) is 0 Å². The first-order valence-corrected chi connectivity index (χ1v) is 17.6. The largest absolute Gasteiger partial charge is 0.392 e. The van der Waals surface area contributed by atoms with E-state index in [9.17, 15) is 14.7 Å². The average molecular weight is 658 g/mol. The fourth-order valence-corrected chi connectivity index (χ4v) is 6.64. The molecule has 2 fully saturated rings. The summed E-state index contributed by atoms with van der Waals surface area (Å²) in [6.07, 6.45) is 9.29. The predicted octanol–water partition coefficient (Wildman–Crippen LogP) is 6.73. The van der Waals surface area contributed by atoms with Gasteiger partial charge in [-0.2, -0.15) is 0 Å². The Kier molecular flexibility index (Phi) is 14.0. The topological polar surface area (TPSA) is 120 Å². The third-order valence-corrected chi connectivity index (χ3v) is 9.37. The van der Waals surface area contributed by atoms with E-state index >= 15 is 0 Å². The molecule has 3 unspecified atom stereocenters. The van der Waals surface area contributed by atoms with Crippen LogP contribution in [-0.2, 0) is 32.2 Å². The van der Waals surface area contributed by atoms with E-state index in [-0.39, 0.29) is 31.1 Å². The third-order valence-electron chi connectivity index (χ3n) is 9.37. The minimum absolute atomic E-state index is 0.0184. The molecule has 9 nitrogen and oxygen atoms in total. The maximum absolute atomic E-state index is 12.4. The highest BCUT2D eigenvalue weighted by molar-refractivity contribution is 5.76. The molecule has 4 N–H and O–H groups in total. The minimum atomic E-state index is -0.513. The van der Waals surface area contributed by atoms with Gasteiger partial charge in [0.2, 0.25) is 11.8 Å². The maximum atomic E-state index is 12.4. The number of rotatable bonds is 14. The minimum Gasteiger partial charge on any atom is -0.392 e. The summed E-state index contributed by atoms with van der Waals surface area (Å²) in [5, 5.41) is 21.2. The number of benzene rings is 3. The van der Waals surface area contributed by atoms with Crippen molar-refractivity contribution < 1.29 is 29.4 Å². The first-order valence-electron chi connectivity index (χ1n) is 17.6. The zero-order chi connectivity index (χ0) is 33.6. The molecule has 2 aliphatic heterocycles. The van der Waals surface area contributed by atoms with Gasteiger partial charge in [0, 0.05) is 37.9 Å². The van der Waals surface area contributed by atoms with E-state index in [1.165, 1.54) is 32.1 Å². The Hall–Kier alpha value is -3.60. The van der Waals surface area contributed by atoms with Gasteiger partial charge in [-0.3, -0.25) is 14.8 Å². The number of ether oxygens (including phenoxy) is 2. The number of nitrogens with zero attached hydrogens (tertiary/aromatic N) is 1. The van der Waals surface area contributed by atoms with Crippen LogP contribution in [0.2, 0.25) is 0 Å². The molecule has 3 aromatic rings. The molecule has 0 saturated carbocycles. The van der Waals surface area contributed by atoms with Crippen LogP contribution < -0.4 is 10.8 Å². The third kappa shape index (κ3) is 11.0. The Morgan fingerprint density at radius 3 is 2.17 bits per heavy atom. The second-order valence-electron chi connectivity index (χ2n) is 13.1. The lowest BCUT2D eigenvalue weighted by Crippen LogP contribution is -2.40. The fourth-order valence-electron chi connectivity index (χ4n) is 6.64. The molecule has 2 heterocycles. The van der Waals surface area contributed by atoms with Gasteiger partial charge in [-0.1, -0.05) is 86.3 Å². The molecular formula is C39H51N3O6. The molecular weight excluding hydrogens is 606 g/mol. The van der Waals surface area contributed by atoms with Crippen molar-refractivity contribution in [2.24, 2.45) is 0 Å². The second-order valence-corrected chi connectivity index (χ2v) is 13.1. The highest BCUT2D eigenvalue weighted by atomic mass is 16.7.